The molecule has 8 bridgehead atoms. The second-order valence-corrected chi connectivity index (χ2v) is 17.5. The number of alkyl halides is 2. The van der Waals surface area contributed by atoms with Gasteiger partial charge >= 0.3 is 0 Å². The van der Waals surface area contributed by atoms with E-state index in [0.717, 1.165) is 18.8 Å². The Morgan fingerprint density at radius 3 is 1.00 bits per heavy atom. The predicted molar refractivity (Wildman–Crippen MR) is 170 cm³/mol. The van der Waals surface area contributed by atoms with Crippen LogP contribution < -0.4 is 42.5 Å². The van der Waals surface area contributed by atoms with E-state index in [1.54, 1.807) is 0 Å². The van der Waals surface area contributed by atoms with Crippen molar-refractivity contribution in [3.63, 3.8) is 0 Å². The number of hydrogen-bond donors (Lipinski definition) is 8. The van der Waals surface area contributed by atoms with Gasteiger partial charge in [0.05, 0.1) is 49.3 Å². The summed E-state index contributed by atoms with van der Waals surface area (Å²) in [6, 6.07) is 0. The first-order valence-electron chi connectivity index (χ1n) is 18.0. The van der Waals surface area contributed by atoms with Gasteiger partial charge in [0, 0.05) is 22.0 Å². The topological polar surface area (TPSA) is 96.2 Å². The maximum Gasteiger partial charge on any atom is 0.0643 e. The van der Waals surface area contributed by atoms with E-state index >= 15 is 0 Å². The van der Waals surface area contributed by atoms with Crippen LogP contribution in [0.4, 0.5) is 0 Å². The summed E-state index contributed by atoms with van der Waals surface area (Å²) in [5.41, 5.74) is 0. The first kappa shape index (κ1) is 28.7. The molecule has 10 heteroatoms. The molecular weight excluding hydrogens is 612 g/mol. The number of rotatable bonds is 0. The molecule has 0 amide bonds. The lowest BCUT2D eigenvalue weighted by atomic mass is 9.76. The lowest BCUT2D eigenvalue weighted by Crippen LogP contribution is -2.62. The minimum atomic E-state index is 0.205. The molecule has 5 heterocycles. The molecule has 0 aromatic carbocycles. The fraction of sp³-hybridized carbons (Fsp3) is 1.00. The summed E-state index contributed by atoms with van der Waals surface area (Å²) in [6.45, 7) is 0. The van der Waals surface area contributed by atoms with Gasteiger partial charge in [0.15, 0.2) is 0 Å². The average Bonchev–Trinajstić information content (AvgIpc) is 3.75. The van der Waals surface area contributed by atoms with Crippen LogP contribution in [0.2, 0.25) is 0 Å². The van der Waals surface area contributed by atoms with Crippen molar-refractivity contribution in [2.75, 3.05) is 0 Å². The van der Waals surface area contributed by atoms with Gasteiger partial charge in [0.2, 0.25) is 0 Å². The van der Waals surface area contributed by atoms with Crippen LogP contribution in [0.25, 0.3) is 0 Å². The Kier molecular flexibility index (Phi) is 7.92. The van der Waals surface area contributed by atoms with E-state index in [9.17, 15) is 0 Å². The van der Waals surface area contributed by atoms with Crippen LogP contribution in [0.1, 0.15) is 89.9 Å². The predicted octanol–water partition coefficient (Wildman–Crippen LogP) is 3.20. The third-order valence-corrected chi connectivity index (χ3v) is 15.4. The normalized spacial score (nSPS) is 59.0. The minimum Gasteiger partial charge on any atom is -0.286 e. The van der Waals surface area contributed by atoms with Crippen molar-refractivity contribution in [3.05, 3.63) is 0 Å². The van der Waals surface area contributed by atoms with Gasteiger partial charge < -0.3 is 0 Å². The zero-order chi connectivity index (χ0) is 27.9. The largest absolute Gasteiger partial charge is 0.286 e. The number of fused-ring (bicyclic) bond motifs is 20. The maximum absolute atomic E-state index is 7.24. The van der Waals surface area contributed by atoms with Crippen molar-refractivity contribution in [1.82, 2.24) is 42.5 Å². The second-order valence-electron chi connectivity index (χ2n) is 15.8. The summed E-state index contributed by atoms with van der Waals surface area (Å²) < 4.78 is 0. The molecular formula is C32H54BrClN8. The first-order valence-corrected chi connectivity index (χ1v) is 19.3. The Hall–Kier alpha value is 0.450. The SMILES string of the molecule is ClC1CCC(Br)C2C3NC4NC(NC5NC(NC6NC(NC(N3)C12)C1CCCCC61)C1CCCCC51)C1CCCCC41. The highest BCUT2D eigenvalue weighted by Crippen LogP contribution is 2.47. The van der Waals surface area contributed by atoms with Crippen LogP contribution in [0.5, 0.6) is 0 Å². The summed E-state index contributed by atoms with van der Waals surface area (Å²) >= 11 is 11.4. The lowest BCUT2D eigenvalue weighted by Gasteiger charge is -2.39. The smallest absolute Gasteiger partial charge is 0.0643 e. The third-order valence-electron chi connectivity index (χ3n) is 13.8. The summed E-state index contributed by atoms with van der Waals surface area (Å²) in [6.07, 6.45) is 21.1. The highest BCUT2D eigenvalue weighted by molar-refractivity contribution is 9.09. The summed E-state index contributed by atoms with van der Waals surface area (Å²) in [5, 5.41) is 33.8. The third kappa shape index (κ3) is 4.81. The maximum atomic E-state index is 7.24. The summed E-state index contributed by atoms with van der Waals surface area (Å²) in [7, 11) is 0. The molecule has 9 aliphatic rings. The zero-order valence-corrected chi connectivity index (χ0v) is 27.4. The molecule has 0 aromatic rings. The highest BCUT2D eigenvalue weighted by Gasteiger charge is 2.56. The van der Waals surface area contributed by atoms with Crippen molar-refractivity contribution in [2.45, 2.75) is 149 Å². The van der Waals surface area contributed by atoms with Gasteiger partial charge in [-0.05, 0) is 86.9 Å². The van der Waals surface area contributed by atoms with Crippen LogP contribution in [-0.2, 0) is 0 Å². The van der Waals surface area contributed by atoms with Gasteiger partial charge in [-0.15, -0.1) is 11.6 Å². The Balaban J connectivity index is 1.07. The molecule has 8 N–H and O–H groups in total. The molecule has 18 unspecified atom stereocenters. The minimum absolute atomic E-state index is 0.205. The van der Waals surface area contributed by atoms with Gasteiger partial charge in [-0.25, -0.2) is 0 Å². The molecule has 4 saturated carbocycles. The van der Waals surface area contributed by atoms with E-state index in [4.69, 9.17) is 11.6 Å². The van der Waals surface area contributed by atoms with E-state index in [2.05, 4.69) is 58.5 Å². The van der Waals surface area contributed by atoms with E-state index < -0.39 is 0 Å². The van der Waals surface area contributed by atoms with Crippen molar-refractivity contribution >= 4 is 27.5 Å². The van der Waals surface area contributed by atoms with Crippen LogP contribution in [-0.4, -0.2) is 59.5 Å². The van der Waals surface area contributed by atoms with Gasteiger partial charge in [0.25, 0.3) is 0 Å². The van der Waals surface area contributed by atoms with Gasteiger partial charge in [-0.3, -0.25) is 42.5 Å². The van der Waals surface area contributed by atoms with Gasteiger partial charge in [-0.2, -0.15) is 0 Å². The molecule has 5 aliphatic heterocycles. The van der Waals surface area contributed by atoms with Crippen LogP contribution in [0, 0.1) is 47.3 Å². The van der Waals surface area contributed by atoms with E-state index in [1.807, 2.05) is 0 Å². The monoisotopic (exact) mass is 664 g/mol. The van der Waals surface area contributed by atoms with E-state index in [1.165, 1.54) is 77.0 Å². The first-order chi connectivity index (χ1) is 20.6. The zero-order valence-electron chi connectivity index (χ0n) is 25.0. The fourth-order valence-corrected chi connectivity index (χ4v) is 13.3. The molecule has 0 aromatic heterocycles. The fourth-order valence-electron chi connectivity index (χ4n) is 12.0. The molecule has 9 fully saturated rings. The van der Waals surface area contributed by atoms with Crippen molar-refractivity contribution in [1.29, 1.82) is 0 Å². The second kappa shape index (κ2) is 11.6. The Bertz CT molecular complexity index is 918. The highest BCUT2D eigenvalue weighted by atomic mass is 79.9. The molecule has 0 spiro atoms. The van der Waals surface area contributed by atoms with Crippen LogP contribution in [0.3, 0.4) is 0 Å². The molecule has 5 saturated heterocycles. The van der Waals surface area contributed by atoms with Crippen LogP contribution in [0.15, 0.2) is 0 Å². The summed E-state index contributed by atoms with van der Waals surface area (Å²) in [4.78, 5) is 0.491. The Morgan fingerprint density at radius 2 is 0.643 bits per heavy atom. The average molecular weight is 666 g/mol. The van der Waals surface area contributed by atoms with Crippen molar-refractivity contribution in [3.8, 4) is 0 Å². The van der Waals surface area contributed by atoms with Crippen LogP contribution >= 0.6 is 27.5 Å². The lowest BCUT2D eigenvalue weighted by molar-refractivity contribution is 0.170. The standard InChI is InChI=1S/C32H54BrClN8/c33-21-13-14-22(34)24-23(21)31-40-29-19-11-5-3-9-17(19)27(38-29)36-25-15-7-1-2-8-16(15)26(35-25)37-28-18-10-4-6-12-20(18)30(39-28)41-32(24)42-31/h15-32,35-42H,1-14H2. The van der Waals surface area contributed by atoms with E-state index in [0.29, 0.717) is 83.2 Å². The molecule has 9 rings (SSSR count). The number of hydrogen-bond acceptors (Lipinski definition) is 8. The molecule has 42 heavy (non-hydrogen) atoms. The molecule has 18 atom stereocenters. The van der Waals surface area contributed by atoms with Gasteiger partial charge in [-0.1, -0.05) is 54.5 Å². The molecule has 0 radical (unpaired) electrons. The Morgan fingerprint density at radius 1 is 0.357 bits per heavy atom. The van der Waals surface area contributed by atoms with E-state index in [-0.39, 0.29) is 17.7 Å². The number of halogens is 2. The number of nitrogens with one attached hydrogen (secondary N) is 8. The quantitative estimate of drug-likeness (QED) is 0.187. The Labute approximate surface area is 266 Å². The molecule has 236 valence electrons. The summed E-state index contributed by atoms with van der Waals surface area (Å²) in [5.74, 6) is 5.06. The van der Waals surface area contributed by atoms with Crippen molar-refractivity contribution < 1.29 is 0 Å². The van der Waals surface area contributed by atoms with Crippen molar-refractivity contribution in [2.24, 2.45) is 47.3 Å². The van der Waals surface area contributed by atoms with Gasteiger partial charge in [0.1, 0.15) is 0 Å². The molecule has 4 aliphatic carbocycles. The molecule has 8 nitrogen and oxygen atoms in total.